The second kappa shape index (κ2) is 8.05. The molecular weight excluding hydrogens is 380 g/mol. The molecule has 0 aliphatic carbocycles. The second-order valence-corrected chi connectivity index (χ2v) is 6.06. The summed E-state index contributed by atoms with van der Waals surface area (Å²) in [5.74, 6) is 0.646. The third-order valence-corrected chi connectivity index (χ3v) is 4.38. The number of amides is 1. The number of hydrogen-bond acceptors (Lipinski definition) is 7. The summed E-state index contributed by atoms with van der Waals surface area (Å²) in [6.07, 6.45) is 1.44. The number of fused-ring (bicyclic) bond motifs is 1. The Morgan fingerprint density at radius 1 is 1.03 bits per heavy atom. The number of aromatic nitrogens is 3. The molecule has 2 aromatic heterocycles. The minimum absolute atomic E-state index is 0.121. The SMILES string of the molecule is COc1ccc(NC(=O)Cn2c(=O)c3c(OC)ccnc3n(C)c2=O)cc1OC. The topological polar surface area (TPSA) is 114 Å². The Morgan fingerprint density at radius 2 is 1.72 bits per heavy atom. The number of ether oxygens (including phenoxy) is 3. The van der Waals surface area contributed by atoms with Crippen LogP contribution in [0.25, 0.3) is 11.0 Å². The Kier molecular flexibility index (Phi) is 5.53. The van der Waals surface area contributed by atoms with Crippen LogP contribution in [0, 0.1) is 0 Å². The van der Waals surface area contributed by atoms with Crippen molar-refractivity contribution in [2.24, 2.45) is 7.05 Å². The zero-order valence-corrected chi connectivity index (χ0v) is 16.4. The van der Waals surface area contributed by atoms with E-state index < -0.39 is 23.7 Å². The van der Waals surface area contributed by atoms with Crippen LogP contribution < -0.4 is 30.8 Å². The molecule has 0 atom stereocenters. The summed E-state index contributed by atoms with van der Waals surface area (Å²) in [7, 11) is 5.86. The van der Waals surface area contributed by atoms with E-state index in [-0.39, 0.29) is 16.8 Å². The van der Waals surface area contributed by atoms with Crippen LogP contribution >= 0.6 is 0 Å². The monoisotopic (exact) mass is 400 g/mol. The van der Waals surface area contributed by atoms with E-state index in [1.165, 1.54) is 45.2 Å². The standard InChI is InChI=1S/C19H20N4O6/c1-22-17-16(13(28-3)7-8-20-17)18(25)23(19(22)26)10-15(24)21-11-5-6-12(27-2)14(9-11)29-4/h5-9H,10H2,1-4H3,(H,21,24). The zero-order chi connectivity index (χ0) is 21.1. The first kappa shape index (κ1) is 19.9. The van der Waals surface area contributed by atoms with Gasteiger partial charge in [0.2, 0.25) is 5.91 Å². The number of nitrogens with one attached hydrogen (secondary N) is 1. The predicted molar refractivity (Wildman–Crippen MR) is 106 cm³/mol. The maximum atomic E-state index is 12.9. The Bertz CT molecular complexity index is 1200. The highest BCUT2D eigenvalue weighted by molar-refractivity contribution is 5.91. The minimum Gasteiger partial charge on any atom is -0.496 e. The number of rotatable bonds is 6. The molecule has 0 saturated carbocycles. The van der Waals surface area contributed by atoms with Crippen LogP contribution in [-0.2, 0) is 18.4 Å². The summed E-state index contributed by atoms with van der Waals surface area (Å²) < 4.78 is 17.6. The molecule has 0 unspecified atom stereocenters. The van der Waals surface area contributed by atoms with Crippen molar-refractivity contribution in [3.05, 3.63) is 51.3 Å². The lowest BCUT2D eigenvalue weighted by Gasteiger charge is -2.13. The van der Waals surface area contributed by atoms with Gasteiger partial charge in [0.15, 0.2) is 17.1 Å². The fourth-order valence-electron chi connectivity index (χ4n) is 2.95. The molecule has 0 fully saturated rings. The van der Waals surface area contributed by atoms with E-state index in [0.717, 1.165) is 4.57 Å². The number of benzene rings is 1. The van der Waals surface area contributed by atoms with Crippen LogP contribution in [0.4, 0.5) is 5.69 Å². The van der Waals surface area contributed by atoms with Crippen molar-refractivity contribution in [1.29, 1.82) is 0 Å². The Labute approximate surface area is 165 Å². The van der Waals surface area contributed by atoms with Crippen molar-refractivity contribution < 1.29 is 19.0 Å². The number of anilines is 1. The highest BCUT2D eigenvalue weighted by atomic mass is 16.5. The van der Waals surface area contributed by atoms with Gasteiger partial charge in [-0.15, -0.1) is 0 Å². The molecule has 10 heteroatoms. The average Bonchev–Trinajstić information content (AvgIpc) is 2.74. The molecule has 0 saturated heterocycles. The Hall–Kier alpha value is -3.82. The quantitative estimate of drug-likeness (QED) is 0.650. The van der Waals surface area contributed by atoms with Gasteiger partial charge in [0.05, 0.1) is 21.3 Å². The van der Waals surface area contributed by atoms with Gasteiger partial charge in [-0.05, 0) is 18.2 Å². The third kappa shape index (κ3) is 3.64. The van der Waals surface area contributed by atoms with Gasteiger partial charge in [0.25, 0.3) is 5.56 Å². The number of nitrogens with zero attached hydrogens (tertiary/aromatic N) is 3. The van der Waals surface area contributed by atoms with Gasteiger partial charge >= 0.3 is 5.69 Å². The molecule has 0 aliphatic heterocycles. The molecule has 0 spiro atoms. The number of aryl methyl sites for hydroxylation is 1. The molecule has 0 bridgehead atoms. The summed E-state index contributed by atoms with van der Waals surface area (Å²) in [4.78, 5) is 42.1. The summed E-state index contributed by atoms with van der Waals surface area (Å²) >= 11 is 0. The first-order valence-electron chi connectivity index (χ1n) is 8.55. The Balaban J connectivity index is 1.97. The summed E-state index contributed by atoms with van der Waals surface area (Å²) in [5, 5.41) is 2.76. The number of hydrogen-bond donors (Lipinski definition) is 1. The molecule has 10 nitrogen and oxygen atoms in total. The lowest BCUT2D eigenvalue weighted by Crippen LogP contribution is -2.42. The first-order chi connectivity index (χ1) is 13.9. The van der Waals surface area contributed by atoms with E-state index in [4.69, 9.17) is 14.2 Å². The van der Waals surface area contributed by atoms with Crippen molar-refractivity contribution in [3.63, 3.8) is 0 Å². The van der Waals surface area contributed by atoms with Gasteiger partial charge in [0, 0.05) is 25.0 Å². The van der Waals surface area contributed by atoms with E-state index in [2.05, 4.69) is 10.3 Å². The van der Waals surface area contributed by atoms with Crippen molar-refractivity contribution in [2.45, 2.75) is 6.54 Å². The van der Waals surface area contributed by atoms with E-state index in [9.17, 15) is 14.4 Å². The van der Waals surface area contributed by atoms with Crippen molar-refractivity contribution in [2.75, 3.05) is 26.6 Å². The van der Waals surface area contributed by atoms with Gasteiger partial charge in [-0.1, -0.05) is 0 Å². The lowest BCUT2D eigenvalue weighted by atomic mass is 10.2. The molecule has 0 aliphatic rings. The van der Waals surface area contributed by atoms with Gasteiger partial charge in [-0.25, -0.2) is 14.3 Å². The molecular formula is C19H20N4O6. The fraction of sp³-hybridized carbons (Fsp3) is 0.263. The maximum absolute atomic E-state index is 12.9. The van der Waals surface area contributed by atoms with Gasteiger partial charge in [0.1, 0.15) is 17.7 Å². The Morgan fingerprint density at radius 3 is 2.38 bits per heavy atom. The van der Waals surface area contributed by atoms with E-state index >= 15 is 0 Å². The van der Waals surface area contributed by atoms with Crippen LogP contribution in [0.5, 0.6) is 17.2 Å². The molecule has 3 rings (SSSR count). The molecule has 3 aromatic rings. The summed E-state index contributed by atoms with van der Waals surface area (Å²) in [6.45, 7) is -0.478. The van der Waals surface area contributed by atoms with Crippen LogP contribution in [0.3, 0.4) is 0 Å². The zero-order valence-electron chi connectivity index (χ0n) is 16.4. The van der Waals surface area contributed by atoms with Gasteiger partial charge in [-0.2, -0.15) is 0 Å². The third-order valence-electron chi connectivity index (χ3n) is 4.38. The van der Waals surface area contributed by atoms with Gasteiger partial charge in [-0.3, -0.25) is 14.2 Å². The second-order valence-electron chi connectivity index (χ2n) is 6.06. The smallest absolute Gasteiger partial charge is 0.332 e. The van der Waals surface area contributed by atoms with Gasteiger partial charge < -0.3 is 19.5 Å². The van der Waals surface area contributed by atoms with Crippen LogP contribution in [-0.4, -0.2) is 41.4 Å². The van der Waals surface area contributed by atoms with Crippen molar-refractivity contribution >= 4 is 22.6 Å². The van der Waals surface area contributed by atoms with E-state index in [1.54, 1.807) is 18.2 Å². The van der Waals surface area contributed by atoms with E-state index in [0.29, 0.717) is 17.2 Å². The van der Waals surface area contributed by atoms with Crippen LogP contribution in [0.1, 0.15) is 0 Å². The molecule has 152 valence electrons. The minimum atomic E-state index is -0.661. The summed E-state index contributed by atoms with van der Waals surface area (Å²) in [5.41, 5.74) is -0.713. The molecule has 1 aromatic carbocycles. The first-order valence-corrected chi connectivity index (χ1v) is 8.55. The van der Waals surface area contributed by atoms with Crippen LogP contribution in [0.15, 0.2) is 40.1 Å². The van der Waals surface area contributed by atoms with Crippen molar-refractivity contribution in [1.82, 2.24) is 14.1 Å². The number of carbonyl (C=O) groups is 1. The number of pyridine rings is 1. The molecule has 1 N–H and O–H groups in total. The lowest BCUT2D eigenvalue weighted by molar-refractivity contribution is -0.116. The number of methoxy groups -OCH3 is 3. The van der Waals surface area contributed by atoms with Crippen molar-refractivity contribution in [3.8, 4) is 17.2 Å². The highest BCUT2D eigenvalue weighted by Crippen LogP contribution is 2.29. The summed E-state index contributed by atoms with van der Waals surface area (Å²) in [6, 6.07) is 6.34. The molecule has 2 heterocycles. The normalized spacial score (nSPS) is 10.6. The average molecular weight is 400 g/mol. The largest absolute Gasteiger partial charge is 0.496 e. The molecule has 29 heavy (non-hydrogen) atoms. The molecule has 0 radical (unpaired) electrons. The van der Waals surface area contributed by atoms with E-state index in [1.807, 2.05) is 0 Å². The van der Waals surface area contributed by atoms with Crippen LogP contribution in [0.2, 0.25) is 0 Å². The number of carbonyl (C=O) groups excluding carboxylic acids is 1. The fourth-order valence-corrected chi connectivity index (χ4v) is 2.95. The molecule has 1 amide bonds. The predicted octanol–water partition coefficient (Wildman–Crippen LogP) is 0.760. The highest BCUT2D eigenvalue weighted by Gasteiger charge is 2.18. The maximum Gasteiger partial charge on any atom is 0.332 e.